The zero-order valence-electron chi connectivity index (χ0n) is 19.2. The van der Waals surface area contributed by atoms with E-state index >= 15 is 0 Å². The van der Waals surface area contributed by atoms with Crippen LogP contribution in [0, 0.1) is 0 Å². The summed E-state index contributed by atoms with van der Waals surface area (Å²) in [6.45, 7) is 3.44. The van der Waals surface area contributed by atoms with Crippen LogP contribution >= 0.6 is 11.3 Å². The third kappa shape index (κ3) is 5.27. The highest BCUT2D eigenvalue weighted by molar-refractivity contribution is 7.89. The highest BCUT2D eigenvalue weighted by atomic mass is 32.2. The van der Waals surface area contributed by atoms with E-state index in [9.17, 15) is 13.2 Å². The van der Waals surface area contributed by atoms with E-state index in [1.807, 2.05) is 23.6 Å². The fourth-order valence-corrected chi connectivity index (χ4v) is 5.10. The van der Waals surface area contributed by atoms with Crippen LogP contribution in [0.5, 0.6) is 11.5 Å². The zero-order chi connectivity index (χ0) is 24.2. The summed E-state index contributed by atoms with van der Waals surface area (Å²) in [6.07, 6.45) is 0. The maximum Gasteiger partial charge on any atom is 0.279 e. The average molecular weight is 494 g/mol. The molecule has 0 N–H and O–H groups in total. The van der Waals surface area contributed by atoms with Gasteiger partial charge in [0.15, 0.2) is 16.3 Å². The number of nitrogens with zero attached hydrogens (tertiary/aromatic N) is 3. The van der Waals surface area contributed by atoms with Gasteiger partial charge in [0.25, 0.3) is 5.91 Å². The van der Waals surface area contributed by atoms with E-state index in [1.54, 1.807) is 14.2 Å². The van der Waals surface area contributed by atoms with Crippen molar-refractivity contribution < 1.29 is 27.4 Å². The molecule has 0 unspecified atom stereocenters. The molecule has 0 aliphatic carbocycles. The van der Waals surface area contributed by atoms with Gasteiger partial charge in [-0.2, -0.15) is 4.99 Å². The molecule has 1 amide bonds. The number of hydrogen-bond acceptors (Lipinski definition) is 7. The van der Waals surface area contributed by atoms with Crippen molar-refractivity contribution in [1.82, 2.24) is 8.87 Å². The van der Waals surface area contributed by atoms with Crippen molar-refractivity contribution in [2.45, 2.75) is 18.4 Å². The first-order valence-corrected chi connectivity index (χ1v) is 12.4. The number of aromatic nitrogens is 1. The summed E-state index contributed by atoms with van der Waals surface area (Å²) in [6, 6.07) is 9.43. The fourth-order valence-electron chi connectivity index (χ4n) is 3.13. The molecule has 0 fully saturated rings. The minimum Gasteiger partial charge on any atom is -0.493 e. The Labute approximate surface area is 196 Å². The van der Waals surface area contributed by atoms with Crippen LogP contribution in [-0.4, -0.2) is 64.7 Å². The molecule has 3 rings (SSSR count). The van der Waals surface area contributed by atoms with Gasteiger partial charge in [0, 0.05) is 44.9 Å². The normalized spacial score (nSPS) is 12.5. The second-order valence-corrected chi connectivity index (χ2v) is 10.3. The smallest absolute Gasteiger partial charge is 0.279 e. The number of thiazole rings is 1. The molecule has 0 radical (unpaired) electrons. The lowest BCUT2D eigenvalue weighted by atomic mass is 10.2. The Hall–Kier alpha value is -2.73. The van der Waals surface area contributed by atoms with Crippen molar-refractivity contribution in [3.8, 4) is 11.5 Å². The number of benzene rings is 2. The molecule has 33 heavy (non-hydrogen) atoms. The molecular weight excluding hydrogens is 466 g/mol. The summed E-state index contributed by atoms with van der Waals surface area (Å²) in [5, 5.41) is 0. The van der Waals surface area contributed by atoms with Gasteiger partial charge in [-0.05, 0) is 31.2 Å². The molecule has 0 saturated carbocycles. The predicted molar refractivity (Wildman–Crippen MR) is 127 cm³/mol. The van der Waals surface area contributed by atoms with Gasteiger partial charge in [-0.1, -0.05) is 11.3 Å². The van der Waals surface area contributed by atoms with E-state index in [0.717, 1.165) is 14.5 Å². The molecule has 0 atom stereocenters. The topological polar surface area (TPSA) is 99.4 Å². The second-order valence-electron chi connectivity index (χ2n) is 7.14. The highest BCUT2D eigenvalue weighted by Gasteiger charge is 2.18. The summed E-state index contributed by atoms with van der Waals surface area (Å²) in [7, 11) is 2.46. The Morgan fingerprint density at radius 2 is 1.73 bits per heavy atom. The number of ether oxygens (including phenoxy) is 3. The molecule has 0 spiro atoms. The van der Waals surface area contributed by atoms with Crippen LogP contribution < -0.4 is 14.3 Å². The van der Waals surface area contributed by atoms with Crippen molar-refractivity contribution in [2.75, 3.05) is 41.5 Å². The van der Waals surface area contributed by atoms with Crippen LogP contribution in [0.2, 0.25) is 0 Å². The Kier molecular flexibility index (Phi) is 7.90. The molecule has 3 aromatic rings. The van der Waals surface area contributed by atoms with Gasteiger partial charge in [-0.3, -0.25) is 4.79 Å². The van der Waals surface area contributed by atoms with Crippen LogP contribution in [0.25, 0.3) is 10.2 Å². The molecule has 1 heterocycles. The van der Waals surface area contributed by atoms with Gasteiger partial charge in [-0.25, -0.2) is 12.7 Å². The van der Waals surface area contributed by atoms with Crippen molar-refractivity contribution in [1.29, 1.82) is 0 Å². The summed E-state index contributed by atoms with van der Waals surface area (Å²) in [5.41, 5.74) is 1.13. The van der Waals surface area contributed by atoms with Crippen molar-refractivity contribution in [2.24, 2.45) is 4.99 Å². The molecular formula is C22H27N3O6S2. The summed E-state index contributed by atoms with van der Waals surface area (Å²) in [5.74, 6) is 0.682. The van der Waals surface area contributed by atoms with E-state index < -0.39 is 15.9 Å². The number of sulfonamides is 1. The van der Waals surface area contributed by atoms with Gasteiger partial charge in [0.05, 0.1) is 35.9 Å². The monoisotopic (exact) mass is 493 g/mol. The van der Waals surface area contributed by atoms with Gasteiger partial charge in [-0.15, -0.1) is 0 Å². The summed E-state index contributed by atoms with van der Waals surface area (Å²) in [4.78, 5) is 17.8. The Bertz CT molecular complexity index is 1310. The lowest BCUT2D eigenvalue weighted by Gasteiger charge is -2.11. The first-order chi connectivity index (χ1) is 15.7. The molecule has 9 nitrogen and oxygen atoms in total. The molecule has 11 heteroatoms. The lowest BCUT2D eigenvalue weighted by molar-refractivity contribution is 0.0996. The minimum atomic E-state index is -3.58. The number of fused-ring (bicyclic) bond motifs is 1. The standard InChI is InChI=1S/C22H27N3O6S2/c1-6-31-12-11-25-17-13-18(29-4)19(30-5)14-20(17)32-22(25)23-21(26)15-7-9-16(10-8-15)33(27,28)24(2)3/h7-10,13-14H,6,11-12H2,1-5H3. The molecule has 2 aromatic carbocycles. The van der Waals surface area contributed by atoms with E-state index in [-0.39, 0.29) is 10.5 Å². The van der Waals surface area contributed by atoms with Gasteiger partial charge in [0.1, 0.15) is 0 Å². The molecule has 0 bridgehead atoms. The first-order valence-electron chi connectivity index (χ1n) is 10.2. The van der Waals surface area contributed by atoms with Crippen molar-refractivity contribution >= 4 is 37.5 Å². The fraction of sp³-hybridized carbons (Fsp3) is 0.364. The Morgan fingerprint density at radius 1 is 1.09 bits per heavy atom. The average Bonchev–Trinajstić information content (AvgIpc) is 3.13. The number of hydrogen-bond donors (Lipinski definition) is 0. The SMILES string of the molecule is CCOCCn1c(=NC(=O)c2ccc(S(=O)(=O)N(C)C)cc2)sc2cc(OC)c(OC)cc21. The minimum absolute atomic E-state index is 0.108. The largest absolute Gasteiger partial charge is 0.493 e. The van der Waals surface area contributed by atoms with Crippen LogP contribution in [0.4, 0.5) is 0 Å². The quantitative estimate of drug-likeness (QED) is 0.425. The van der Waals surface area contributed by atoms with E-state index in [0.29, 0.717) is 36.1 Å². The number of amides is 1. The molecule has 0 aliphatic heterocycles. The van der Waals surface area contributed by atoms with Gasteiger partial charge >= 0.3 is 0 Å². The Balaban J connectivity index is 2.06. The highest BCUT2D eigenvalue weighted by Crippen LogP contribution is 2.33. The van der Waals surface area contributed by atoms with E-state index in [1.165, 1.54) is 49.7 Å². The third-order valence-corrected chi connectivity index (χ3v) is 7.80. The van der Waals surface area contributed by atoms with Crippen molar-refractivity contribution in [3.05, 3.63) is 46.8 Å². The lowest BCUT2D eigenvalue weighted by Crippen LogP contribution is -2.22. The summed E-state index contributed by atoms with van der Waals surface area (Å²) < 4.78 is 44.8. The second kappa shape index (κ2) is 10.5. The van der Waals surface area contributed by atoms with Gasteiger partial charge < -0.3 is 18.8 Å². The van der Waals surface area contributed by atoms with Crippen molar-refractivity contribution in [3.63, 3.8) is 0 Å². The number of carbonyl (C=O) groups excluding carboxylic acids is 1. The maximum atomic E-state index is 12.9. The molecule has 0 aliphatic rings. The third-order valence-electron chi connectivity index (χ3n) is 4.93. The number of methoxy groups -OCH3 is 2. The van der Waals surface area contributed by atoms with E-state index in [2.05, 4.69) is 4.99 Å². The summed E-state index contributed by atoms with van der Waals surface area (Å²) >= 11 is 1.35. The Morgan fingerprint density at radius 3 is 2.30 bits per heavy atom. The predicted octanol–water partition coefficient (Wildman–Crippen LogP) is 2.75. The molecule has 0 saturated heterocycles. The van der Waals surface area contributed by atoms with Crippen LogP contribution in [0.1, 0.15) is 17.3 Å². The molecule has 1 aromatic heterocycles. The van der Waals surface area contributed by atoms with Gasteiger partial charge in [0.2, 0.25) is 10.0 Å². The van der Waals surface area contributed by atoms with E-state index in [4.69, 9.17) is 14.2 Å². The van der Waals surface area contributed by atoms with Crippen LogP contribution in [0.15, 0.2) is 46.3 Å². The number of carbonyl (C=O) groups is 1. The number of rotatable bonds is 9. The zero-order valence-corrected chi connectivity index (χ0v) is 20.8. The molecule has 178 valence electrons. The van der Waals surface area contributed by atoms with Crippen LogP contribution in [0.3, 0.4) is 0 Å². The maximum absolute atomic E-state index is 12.9. The van der Waals surface area contributed by atoms with Crippen LogP contribution in [-0.2, 0) is 21.3 Å². The first kappa shape index (κ1) is 24.9.